The second-order valence-electron chi connectivity index (χ2n) is 7.66. The van der Waals surface area contributed by atoms with Gasteiger partial charge in [0, 0.05) is 23.7 Å². The summed E-state index contributed by atoms with van der Waals surface area (Å²) in [4.78, 5) is 15.7. The van der Waals surface area contributed by atoms with Crippen LogP contribution in [0.1, 0.15) is 34.5 Å². The van der Waals surface area contributed by atoms with E-state index in [2.05, 4.69) is 20.5 Å². The highest BCUT2D eigenvalue weighted by Gasteiger charge is 2.20. The molecular formula is C23H21ClN4O3S. The molecule has 7 nitrogen and oxygen atoms in total. The molecule has 0 aliphatic carbocycles. The fraction of sp³-hybridized carbons (Fsp3) is 0.261. The predicted octanol–water partition coefficient (Wildman–Crippen LogP) is 5.76. The molecule has 0 radical (unpaired) electrons. The minimum atomic E-state index is -0.206. The Morgan fingerprint density at radius 1 is 1.09 bits per heavy atom. The van der Waals surface area contributed by atoms with Crippen LogP contribution in [0.25, 0.3) is 11.0 Å². The highest BCUT2D eigenvalue weighted by molar-refractivity contribution is 7.12. The van der Waals surface area contributed by atoms with Crippen molar-refractivity contribution in [2.24, 2.45) is 0 Å². The zero-order valence-electron chi connectivity index (χ0n) is 17.2. The fourth-order valence-corrected chi connectivity index (χ4v) is 4.71. The topological polar surface area (TPSA) is 80.5 Å². The zero-order valence-corrected chi connectivity index (χ0v) is 18.8. The first-order valence-electron chi connectivity index (χ1n) is 10.4. The Morgan fingerprint density at radius 3 is 2.69 bits per heavy atom. The van der Waals surface area contributed by atoms with Gasteiger partial charge in [0.1, 0.15) is 12.4 Å². The van der Waals surface area contributed by atoms with Crippen LogP contribution in [-0.4, -0.2) is 29.3 Å². The van der Waals surface area contributed by atoms with Crippen molar-refractivity contribution in [3.8, 4) is 5.75 Å². The number of halogens is 1. The number of benzene rings is 2. The normalized spacial score (nSPS) is 14.0. The molecule has 3 heterocycles. The third-order valence-corrected chi connectivity index (χ3v) is 6.67. The standard InChI is InChI=1S/C23H21ClN4O3S/c24-16-4-6-17(7-5-16)30-13-15-12-20(32-14-15)23(29)25-18-8-9-19(22-21(18)26-31-27-22)28-10-2-1-3-11-28/h4-9,12,14H,1-3,10-11,13H2,(H,25,29). The third-order valence-electron chi connectivity index (χ3n) is 5.44. The summed E-state index contributed by atoms with van der Waals surface area (Å²) >= 11 is 7.26. The summed E-state index contributed by atoms with van der Waals surface area (Å²) < 4.78 is 10.8. The number of hydrogen-bond donors (Lipinski definition) is 1. The smallest absolute Gasteiger partial charge is 0.265 e. The van der Waals surface area contributed by atoms with Crippen molar-refractivity contribution < 1.29 is 14.2 Å². The molecule has 0 unspecified atom stereocenters. The molecule has 4 aromatic rings. The van der Waals surface area contributed by atoms with E-state index in [1.54, 1.807) is 12.1 Å². The molecule has 1 fully saturated rings. The van der Waals surface area contributed by atoms with Crippen LogP contribution in [0.5, 0.6) is 5.75 Å². The van der Waals surface area contributed by atoms with Crippen molar-refractivity contribution in [3.63, 3.8) is 0 Å². The zero-order chi connectivity index (χ0) is 21.9. The van der Waals surface area contributed by atoms with Crippen LogP contribution in [0.15, 0.2) is 52.5 Å². The number of anilines is 2. The van der Waals surface area contributed by atoms with E-state index in [0.717, 1.165) is 42.9 Å². The molecule has 9 heteroatoms. The molecule has 0 saturated carbocycles. The first kappa shape index (κ1) is 20.8. The van der Waals surface area contributed by atoms with Gasteiger partial charge in [-0.05, 0) is 77.4 Å². The first-order valence-corrected chi connectivity index (χ1v) is 11.7. The van der Waals surface area contributed by atoms with Crippen LogP contribution in [0.4, 0.5) is 11.4 Å². The van der Waals surface area contributed by atoms with Gasteiger partial charge in [0.2, 0.25) is 0 Å². The second kappa shape index (κ2) is 9.18. The summed E-state index contributed by atoms with van der Waals surface area (Å²) in [5.41, 5.74) is 3.73. The molecule has 1 aliphatic rings. The van der Waals surface area contributed by atoms with Crippen LogP contribution < -0.4 is 15.0 Å². The Kier molecular flexibility index (Phi) is 5.96. The lowest BCUT2D eigenvalue weighted by atomic mass is 10.1. The van der Waals surface area contributed by atoms with Crippen LogP contribution >= 0.6 is 22.9 Å². The number of nitrogens with one attached hydrogen (secondary N) is 1. The van der Waals surface area contributed by atoms with E-state index in [0.29, 0.717) is 33.2 Å². The van der Waals surface area contributed by atoms with Gasteiger partial charge in [-0.3, -0.25) is 4.79 Å². The highest BCUT2D eigenvalue weighted by atomic mass is 35.5. The molecule has 0 atom stereocenters. The molecule has 0 spiro atoms. The minimum absolute atomic E-state index is 0.206. The number of aromatic nitrogens is 2. The molecule has 1 aliphatic heterocycles. The Bertz CT molecular complexity index is 1230. The van der Waals surface area contributed by atoms with E-state index < -0.39 is 0 Å². The largest absolute Gasteiger partial charge is 0.489 e. The van der Waals surface area contributed by atoms with Crippen molar-refractivity contribution >= 4 is 51.3 Å². The summed E-state index contributed by atoms with van der Waals surface area (Å²) in [6, 6.07) is 12.9. The van der Waals surface area contributed by atoms with E-state index >= 15 is 0 Å². The Labute approximate surface area is 193 Å². The number of nitrogens with zero attached hydrogens (tertiary/aromatic N) is 3. The molecule has 32 heavy (non-hydrogen) atoms. The lowest BCUT2D eigenvalue weighted by Crippen LogP contribution is -2.29. The Balaban J connectivity index is 1.28. The van der Waals surface area contributed by atoms with Gasteiger partial charge in [-0.1, -0.05) is 11.6 Å². The number of amides is 1. The maximum absolute atomic E-state index is 12.8. The Morgan fingerprint density at radius 2 is 1.88 bits per heavy atom. The van der Waals surface area contributed by atoms with Crippen molar-refractivity contribution in [1.82, 2.24) is 10.3 Å². The molecule has 164 valence electrons. The van der Waals surface area contributed by atoms with Crippen LogP contribution in [-0.2, 0) is 6.61 Å². The average molecular weight is 469 g/mol. The number of ether oxygens (including phenoxy) is 1. The first-order chi connectivity index (χ1) is 15.7. The predicted molar refractivity (Wildman–Crippen MR) is 126 cm³/mol. The van der Waals surface area contributed by atoms with E-state index in [-0.39, 0.29) is 5.91 Å². The van der Waals surface area contributed by atoms with Gasteiger partial charge in [-0.2, -0.15) is 0 Å². The van der Waals surface area contributed by atoms with E-state index in [9.17, 15) is 4.79 Å². The van der Waals surface area contributed by atoms with Crippen molar-refractivity contribution in [2.75, 3.05) is 23.3 Å². The van der Waals surface area contributed by atoms with Gasteiger partial charge >= 0.3 is 0 Å². The van der Waals surface area contributed by atoms with Crippen molar-refractivity contribution in [3.05, 3.63) is 63.3 Å². The second-order valence-corrected chi connectivity index (χ2v) is 9.00. The summed E-state index contributed by atoms with van der Waals surface area (Å²) in [6.45, 7) is 2.35. The number of thiophene rings is 1. The highest BCUT2D eigenvalue weighted by Crippen LogP contribution is 2.32. The molecule has 2 aromatic heterocycles. The van der Waals surface area contributed by atoms with Gasteiger partial charge in [-0.25, -0.2) is 4.63 Å². The molecule has 5 rings (SSSR count). The maximum Gasteiger partial charge on any atom is 0.265 e. The summed E-state index contributed by atoms with van der Waals surface area (Å²) in [5, 5.41) is 13.7. The Hall–Kier alpha value is -3.10. The summed E-state index contributed by atoms with van der Waals surface area (Å²) in [5.74, 6) is 0.518. The minimum Gasteiger partial charge on any atom is -0.489 e. The van der Waals surface area contributed by atoms with E-state index in [4.69, 9.17) is 21.0 Å². The number of hydrogen-bond acceptors (Lipinski definition) is 7. The van der Waals surface area contributed by atoms with Gasteiger partial charge < -0.3 is 15.0 Å². The molecule has 2 aromatic carbocycles. The average Bonchev–Trinajstić information content (AvgIpc) is 3.50. The molecular weight excluding hydrogens is 448 g/mol. The summed E-state index contributed by atoms with van der Waals surface area (Å²) in [7, 11) is 0. The molecule has 1 saturated heterocycles. The quantitative estimate of drug-likeness (QED) is 0.387. The van der Waals surface area contributed by atoms with Crippen LogP contribution in [0.3, 0.4) is 0 Å². The van der Waals surface area contributed by atoms with Crippen LogP contribution in [0.2, 0.25) is 5.02 Å². The maximum atomic E-state index is 12.8. The van der Waals surface area contributed by atoms with Gasteiger partial charge in [-0.15, -0.1) is 11.3 Å². The van der Waals surface area contributed by atoms with Crippen molar-refractivity contribution in [2.45, 2.75) is 25.9 Å². The number of carbonyl (C=O) groups is 1. The van der Waals surface area contributed by atoms with Gasteiger partial charge in [0.15, 0.2) is 11.0 Å². The number of fused-ring (bicyclic) bond motifs is 1. The molecule has 1 N–H and O–H groups in total. The SMILES string of the molecule is O=C(Nc1ccc(N2CCCCC2)c2nonc12)c1cc(COc2ccc(Cl)cc2)cs1. The van der Waals surface area contributed by atoms with E-state index in [1.165, 1.54) is 17.8 Å². The van der Waals surface area contributed by atoms with Crippen molar-refractivity contribution in [1.29, 1.82) is 0 Å². The summed E-state index contributed by atoms with van der Waals surface area (Å²) in [6.07, 6.45) is 3.57. The lowest BCUT2D eigenvalue weighted by Gasteiger charge is -2.28. The lowest BCUT2D eigenvalue weighted by molar-refractivity contribution is 0.103. The fourth-order valence-electron chi connectivity index (χ4n) is 3.80. The van der Waals surface area contributed by atoms with Gasteiger partial charge in [0.05, 0.1) is 16.3 Å². The van der Waals surface area contributed by atoms with Crippen LogP contribution in [0, 0.1) is 0 Å². The third kappa shape index (κ3) is 4.42. The number of piperidine rings is 1. The monoisotopic (exact) mass is 468 g/mol. The number of rotatable bonds is 6. The number of carbonyl (C=O) groups excluding carboxylic acids is 1. The molecule has 1 amide bonds. The van der Waals surface area contributed by atoms with E-state index in [1.807, 2.05) is 35.7 Å². The molecule has 0 bridgehead atoms. The van der Waals surface area contributed by atoms with Gasteiger partial charge in [0.25, 0.3) is 5.91 Å².